The van der Waals surface area contributed by atoms with Crippen LogP contribution in [-0.2, 0) is 9.59 Å². The average molecular weight is 469 g/mol. The van der Waals surface area contributed by atoms with Gasteiger partial charge < -0.3 is 21.2 Å². The number of thioether (sulfide) groups is 1. The van der Waals surface area contributed by atoms with E-state index in [1.54, 1.807) is 31.4 Å². The van der Waals surface area contributed by atoms with Crippen molar-refractivity contribution in [1.29, 1.82) is 0 Å². The third kappa shape index (κ3) is 6.71. The Bertz CT molecular complexity index is 1160. The van der Waals surface area contributed by atoms with Crippen molar-refractivity contribution in [1.82, 2.24) is 14.9 Å². The Kier molecular flexibility index (Phi) is 7.86. The number of anilines is 3. The molecule has 0 bridgehead atoms. The average Bonchev–Trinajstić information content (AvgIpc) is 3.15. The molecule has 0 spiro atoms. The van der Waals surface area contributed by atoms with E-state index in [1.807, 2.05) is 31.2 Å². The van der Waals surface area contributed by atoms with Crippen molar-refractivity contribution in [2.45, 2.75) is 19.0 Å². The number of nitrogens with zero attached hydrogens (tertiary/aromatic N) is 4. The number of carbonyl (C=O) groups is 2. The Hall–Kier alpha value is -4.06. The number of ether oxygens (including phenoxy) is 1. The Labute approximate surface area is 194 Å². The summed E-state index contributed by atoms with van der Waals surface area (Å²) >= 11 is 1.13. The van der Waals surface area contributed by atoms with E-state index in [2.05, 4.69) is 31.4 Å². The zero-order valence-electron chi connectivity index (χ0n) is 18.3. The molecule has 0 aliphatic rings. The standard InChI is InChI=1S/C21H24N8O3S/c1-13(15-7-9-18(32-3)10-8-15)25-26-20-27-28-21(29(20)22)33-12-19(31)24-17-6-4-5-16(11-17)23-14(2)30/h4-11H,12,22H2,1-3H3,(H,23,30)(H,24,31)(H,26,27)/b25-13+. The summed E-state index contributed by atoms with van der Waals surface area (Å²) in [7, 11) is 1.61. The highest BCUT2D eigenvalue weighted by Gasteiger charge is 2.13. The molecule has 0 fully saturated rings. The highest BCUT2D eigenvalue weighted by atomic mass is 32.2. The summed E-state index contributed by atoms with van der Waals surface area (Å²) in [6.07, 6.45) is 0. The lowest BCUT2D eigenvalue weighted by molar-refractivity contribution is -0.114. The van der Waals surface area contributed by atoms with Crippen molar-refractivity contribution in [3.05, 3.63) is 54.1 Å². The maximum absolute atomic E-state index is 12.3. The van der Waals surface area contributed by atoms with Gasteiger partial charge in [-0.05, 0) is 55.0 Å². The molecule has 0 unspecified atom stereocenters. The molecule has 1 aromatic heterocycles. The van der Waals surface area contributed by atoms with Gasteiger partial charge in [-0.2, -0.15) is 5.10 Å². The van der Waals surface area contributed by atoms with Gasteiger partial charge in [0, 0.05) is 18.3 Å². The third-order valence-electron chi connectivity index (χ3n) is 4.29. The number of rotatable bonds is 9. The molecule has 172 valence electrons. The minimum Gasteiger partial charge on any atom is -0.497 e. The summed E-state index contributed by atoms with van der Waals surface area (Å²) in [6, 6.07) is 14.3. The van der Waals surface area contributed by atoms with E-state index >= 15 is 0 Å². The van der Waals surface area contributed by atoms with E-state index in [4.69, 9.17) is 10.6 Å². The number of carbonyl (C=O) groups excluding carboxylic acids is 2. The molecule has 2 amide bonds. The lowest BCUT2D eigenvalue weighted by Gasteiger charge is -2.08. The fourth-order valence-electron chi connectivity index (χ4n) is 2.69. The maximum atomic E-state index is 12.3. The minimum atomic E-state index is -0.258. The van der Waals surface area contributed by atoms with Crippen LogP contribution >= 0.6 is 11.8 Å². The van der Waals surface area contributed by atoms with Crippen LogP contribution in [0.25, 0.3) is 0 Å². The van der Waals surface area contributed by atoms with E-state index in [0.717, 1.165) is 28.8 Å². The Morgan fingerprint density at radius 3 is 2.45 bits per heavy atom. The van der Waals surface area contributed by atoms with Gasteiger partial charge in [0.2, 0.25) is 17.0 Å². The first-order chi connectivity index (χ1) is 15.9. The molecular weight excluding hydrogens is 444 g/mol. The molecule has 3 aromatic rings. The van der Waals surface area contributed by atoms with Crippen molar-refractivity contribution in [3.8, 4) is 5.75 Å². The molecule has 33 heavy (non-hydrogen) atoms. The Balaban J connectivity index is 1.55. The van der Waals surface area contributed by atoms with Crippen molar-refractivity contribution >= 4 is 46.6 Å². The highest BCUT2D eigenvalue weighted by molar-refractivity contribution is 7.99. The number of hydrogen-bond donors (Lipinski definition) is 4. The SMILES string of the molecule is COc1ccc(/C(C)=N/Nc2nnc(SCC(=O)Nc3cccc(NC(C)=O)c3)n2N)cc1. The molecule has 1 heterocycles. The molecule has 5 N–H and O–H groups in total. The molecule has 0 saturated heterocycles. The van der Waals surface area contributed by atoms with Gasteiger partial charge in [0.25, 0.3) is 5.95 Å². The van der Waals surface area contributed by atoms with Crippen molar-refractivity contribution in [2.75, 3.05) is 34.8 Å². The molecule has 0 aliphatic carbocycles. The molecular formula is C21H24N8O3S. The van der Waals surface area contributed by atoms with Gasteiger partial charge in [0.05, 0.1) is 18.6 Å². The van der Waals surface area contributed by atoms with E-state index in [0.29, 0.717) is 16.5 Å². The number of benzene rings is 2. The fourth-order valence-corrected chi connectivity index (χ4v) is 3.34. The Morgan fingerprint density at radius 1 is 1.09 bits per heavy atom. The summed E-state index contributed by atoms with van der Waals surface area (Å²) in [4.78, 5) is 23.5. The van der Waals surface area contributed by atoms with Crippen LogP contribution in [0, 0.1) is 0 Å². The lowest BCUT2D eigenvalue weighted by atomic mass is 10.1. The molecule has 12 heteroatoms. The topological polar surface area (TPSA) is 149 Å². The summed E-state index contributed by atoms with van der Waals surface area (Å²) in [6.45, 7) is 3.26. The lowest BCUT2D eigenvalue weighted by Crippen LogP contribution is -2.17. The first-order valence-corrected chi connectivity index (χ1v) is 10.8. The first kappa shape index (κ1) is 23.6. The zero-order chi connectivity index (χ0) is 23.8. The number of nitrogen functional groups attached to an aromatic ring is 1. The van der Waals surface area contributed by atoms with Crippen molar-refractivity contribution in [3.63, 3.8) is 0 Å². The number of methoxy groups -OCH3 is 1. The van der Waals surface area contributed by atoms with Gasteiger partial charge in [0.15, 0.2) is 0 Å². The van der Waals surface area contributed by atoms with Crippen LogP contribution in [0.3, 0.4) is 0 Å². The maximum Gasteiger partial charge on any atom is 0.264 e. The van der Waals surface area contributed by atoms with E-state index in [1.165, 1.54) is 11.6 Å². The van der Waals surface area contributed by atoms with Crippen LogP contribution < -0.4 is 26.6 Å². The molecule has 0 aliphatic heterocycles. The second-order valence-corrected chi connectivity index (χ2v) is 7.76. The quantitative estimate of drug-likeness (QED) is 0.162. The molecule has 11 nitrogen and oxygen atoms in total. The highest BCUT2D eigenvalue weighted by Crippen LogP contribution is 2.19. The van der Waals surface area contributed by atoms with Gasteiger partial charge in [0.1, 0.15) is 5.75 Å². The predicted molar refractivity (Wildman–Crippen MR) is 129 cm³/mol. The van der Waals surface area contributed by atoms with Crippen molar-refractivity contribution in [2.24, 2.45) is 5.10 Å². The van der Waals surface area contributed by atoms with Gasteiger partial charge in [-0.1, -0.05) is 17.8 Å². The van der Waals surface area contributed by atoms with Gasteiger partial charge in [-0.3, -0.25) is 9.59 Å². The van der Waals surface area contributed by atoms with E-state index < -0.39 is 0 Å². The second kappa shape index (κ2) is 11.0. The van der Waals surface area contributed by atoms with Gasteiger partial charge in [-0.25, -0.2) is 10.1 Å². The zero-order valence-corrected chi connectivity index (χ0v) is 19.1. The summed E-state index contributed by atoms with van der Waals surface area (Å²) in [5.74, 6) is 6.62. The van der Waals surface area contributed by atoms with Crippen LogP contribution in [0.4, 0.5) is 17.3 Å². The number of nitrogens with one attached hydrogen (secondary N) is 3. The summed E-state index contributed by atoms with van der Waals surface area (Å²) in [5.41, 5.74) is 5.56. The van der Waals surface area contributed by atoms with Crippen LogP contribution in [-0.4, -0.2) is 45.3 Å². The van der Waals surface area contributed by atoms with E-state index in [-0.39, 0.29) is 23.5 Å². The minimum absolute atomic E-state index is 0.0633. The molecule has 0 radical (unpaired) electrons. The van der Waals surface area contributed by atoms with Gasteiger partial charge >= 0.3 is 0 Å². The number of amides is 2. The summed E-state index contributed by atoms with van der Waals surface area (Å²) < 4.78 is 6.37. The van der Waals surface area contributed by atoms with Gasteiger partial charge in [-0.15, -0.1) is 10.2 Å². The fraction of sp³-hybridized carbons (Fsp3) is 0.190. The number of aromatic nitrogens is 3. The smallest absolute Gasteiger partial charge is 0.264 e. The van der Waals surface area contributed by atoms with Crippen LogP contribution in [0.5, 0.6) is 5.75 Å². The van der Waals surface area contributed by atoms with Crippen LogP contribution in [0.1, 0.15) is 19.4 Å². The normalized spacial score (nSPS) is 11.1. The molecule has 2 aromatic carbocycles. The third-order valence-corrected chi connectivity index (χ3v) is 5.24. The molecule has 0 atom stereocenters. The number of hydrazone groups is 1. The monoisotopic (exact) mass is 468 g/mol. The molecule has 0 saturated carbocycles. The molecule has 3 rings (SSSR count). The predicted octanol–water partition coefficient (Wildman–Crippen LogP) is 2.53. The van der Waals surface area contributed by atoms with Crippen molar-refractivity contribution < 1.29 is 14.3 Å². The van der Waals surface area contributed by atoms with Crippen LogP contribution in [0.2, 0.25) is 0 Å². The second-order valence-electron chi connectivity index (χ2n) is 6.81. The largest absolute Gasteiger partial charge is 0.497 e. The number of hydrogen-bond acceptors (Lipinski definition) is 9. The number of nitrogens with two attached hydrogens (primary N) is 1. The van der Waals surface area contributed by atoms with E-state index in [9.17, 15) is 9.59 Å². The first-order valence-electron chi connectivity index (χ1n) is 9.81. The Morgan fingerprint density at radius 2 is 1.79 bits per heavy atom. The summed E-state index contributed by atoms with van der Waals surface area (Å²) in [5, 5.41) is 18.0. The van der Waals surface area contributed by atoms with Crippen LogP contribution in [0.15, 0.2) is 58.8 Å².